The highest BCUT2D eigenvalue weighted by atomic mass is 32.2. The van der Waals surface area contributed by atoms with Crippen molar-refractivity contribution in [2.75, 3.05) is 17.3 Å². The second-order valence-corrected chi connectivity index (χ2v) is 9.66. The van der Waals surface area contributed by atoms with E-state index in [1.165, 1.54) is 11.8 Å². The zero-order valence-corrected chi connectivity index (χ0v) is 20.3. The first-order chi connectivity index (χ1) is 16.0. The van der Waals surface area contributed by atoms with Gasteiger partial charge >= 0.3 is 11.9 Å². The molecular formula is C24H23N3O3S3. The van der Waals surface area contributed by atoms with Gasteiger partial charge in [0.2, 0.25) is 0 Å². The summed E-state index contributed by atoms with van der Waals surface area (Å²) in [6.45, 7) is 0. The number of thioether (sulfide) groups is 2. The number of nitrogens with zero attached hydrogens (tertiary/aromatic N) is 1. The van der Waals surface area contributed by atoms with Gasteiger partial charge in [-0.05, 0) is 59.9 Å². The second-order valence-electron chi connectivity index (χ2n) is 6.93. The summed E-state index contributed by atoms with van der Waals surface area (Å²) in [6, 6.07) is 17.4. The van der Waals surface area contributed by atoms with Gasteiger partial charge in [0.15, 0.2) is 0 Å². The summed E-state index contributed by atoms with van der Waals surface area (Å²) in [5.74, 6) is -0.765. The minimum absolute atomic E-state index is 0.267. The summed E-state index contributed by atoms with van der Waals surface area (Å²) in [4.78, 5) is 30.1. The van der Waals surface area contributed by atoms with Gasteiger partial charge in [-0.15, -0.1) is 0 Å². The molecule has 1 aromatic heterocycles. The molecule has 0 saturated carbocycles. The lowest BCUT2D eigenvalue weighted by atomic mass is 9.99. The van der Waals surface area contributed by atoms with Gasteiger partial charge in [-0.1, -0.05) is 54.3 Å². The molecule has 0 unspecified atom stereocenters. The molecule has 0 aliphatic carbocycles. The first-order valence-electron chi connectivity index (χ1n) is 10.1. The first-order valence-corrected chi connectivity index (χ1v) is 12.7. The molecule has 0 fully saturated rings. The summed E-state index contributed by atoms with van der Waals surface area (Å²) in [5, 5.41) is 3.17. The number of anilines is 1. The van der Waals surface area contributed by atoms with Crippen LogP contribution in [0.3, 0.4) is 0 Å². The number of hydrogen-bond donors (Lipinski definition) is 2. The molecule has 1 heterocycles. The number of esters is 2. The summed E-state index contributed by atoms with van der Waals surface area (Å²) in [7, 11) is 0. The van der Waals surface area contributed by atoms with E-state index in [2.05, 4.69) is 10.3 Å². The molecule has 2 aromatic carbocycles. The number of hydrogen-bond acceptors (Lipinski definition) is 8. The molecule has 170 valence electrons. The number of carbonyl (C=O) groups excluding carboxylic acids is 2. The molecule has 0 saturated heterocycles. The summed E-state index contributed by atoms with van der Waals surface area (Å²) in [6.07, 6.45) is 5.79. The normalized spacial score (nSPS) is 11.5. The molecule has 1 atom stereocenters. The number of carbonyl (C=O) groups is 2. The Bertz CT molecular complexity index is 1110. The predicted octanol–water partition coefficient (Wildman–Crippen LogP) is 5.00. The van der Waals surface area contributed by atoms with Gasteiger partial charge in [-0.25, -0.2) is 9.59 Å². The maximum Gasteiger partial charge on any atom is 0.346 e. The van der Waals surface area contributed by atoms with Crippen molar-refractivity contribution in [3.63, 3.8) is 0 Å². The fourth-order valence-corrected chi connectivity index (χ4v) is 4.44. The van der Waals surface area contributed by atoms with E-state index in [-0.39, 0.29) is 5.56 Å². The average Bonchev–Trinajstić information content (AvgIpc) is 2.83. The number of nitrogens with one attached hydrogen (secondary N) is 1. The van der Waals surface area contributed by atoms with Crippen molar-refractivity contribution in [3.05, 3.63) is 78.6 Å². The third kappa shape index (κ3) is 7.40. The zero-order chi connectivity index (χ0) is 23.6. The van der Waals surface area contributed by atoms with Gasteiger partial charge in [-0.3, -0.25) is 4.98 Å². The molecule has 33 heavy (non-hydrogen) atoms. The number of nitrogens with two attached hydrogens (primary N) is 1. The predicted molar refractivity (Wildman–Crippen MR) is 140 cm³/mol. The van der Waals surface area contributed by atoms with Crippen LogP contribution in [0.2, 0.25) is 0 Å². The van der Waals surface area contributed by atoms with Gasteiger partial charge in [0.05, 0.1) is 5.56 Å². The molecule has 6 nitrogen and oxygen atoms in total. The third-order valence-electron chi connectivity index (χ3n) is 4.54. The zero-order valence-electron chi connectivity index (χ0n) is 17.9. The van der Waals surface area contributed by atoms with E-state index < -0.39 is 18.0 Å². The lowest BCUT2D eigenvalue weighted by molar-refractivity contribution is -0.139. The Morgan fingerprint density at radius 3 is 2.64 bits per heavy atom. The van der Waals surface area contributed by atoms with E-state index in [0.29, 0.717) is 27.7 Å². The Labute approximate surface area is 206 Å². The van der Waals surface area contributed by atoms with Crippen LogP contribution in [0.25, 0.3) is 11.1 Å². The van der Waals surface area contributed by atoms with Crippen LogP contribution in [0.4, 0.5) is 5.69 Å². The minimum atomic E-state index is -0.843. The fraction of sp³-hybridized carbons (Fsp3) is 0.167. The topological polar surface area (TPSA) is 94.3 Å². The van der Waals surface area contributed by atoms with E-state index in [4.69, 9.17) is 22.7 Å². The lowest BCUT2D eigenvalue weighted by Gasteiger charge is -2.14. The largest absolute Gasteiger partial charge is 0.388 e. The van der Waals surface area contributed by atoms with Crippen LogP contribution in [0.1, 0.15) is 16.8 Å². The minimum Gasteiger partial charge on any atom is -0.388 e. The van der Waals surface area contributed by atoms with Gasteiger partial charge < -0.3 is 15.8 Å². The number of benzene rings is 2. The SMILES string of the molecule is CSCC[C@H](N)C(=O)OC(=O)c1ccc(NC(=S)Sc2cccnc2)cc1-c1ccccc1. The highest BCUT2D eigenvalue weighted by molar-refractivity contribution is 8.23. The number of ether oxygens (including phenoxy) is 1. The lowest BCUT2D eigenvalue weighted by Crippen LogP contribution is -2.34. The molecule has 3 N–H and O–H groups in total. The Kier molecular flexibility index (Phi) is 9.44. The Morgan fingerprint density at radius 2 is 1.94 bits per heavy atom. The van der Waals surface area contributed by atoms with Crippen molar-refractivity contribution in [2.24, 2.45) is 5.73 Å². The van der Waals surface area contributed by atoms with Crippen LogP contribution in [-0.4, -0.2) is 39.3 Å². The third-order valence-corrected chi connectivity index (χ3v) is 6.31. The average molecular weight is 498 g/mol. The van der Waals surface area contributed by atoms with Gasteiger partial charge in [0.1, 0.15) is 10.4 Å². The fourth-order valence-electron chi connectivity index (χ4n) is 2.90. The van der Waals surface area contributed by atoms with Crippen LogP contribution >= 0.6 is 35.7 Å². The van der Waals surface area contributed by atoms with Crippen LogP contribution < -0.4 is 11.1 Å². The maximum atomic E-state index is 12.8. The quantitative estimate of drug-likeness (QED) is 0.193. The molecule has 9 heteroatoms. The number of rotatable bonds is 8. The van der Waals surface area contributed by atoms with Crippen molar-refractivity contribution < 1.29 is 14.3 Å². The summed E-state index contributed by atoms with van der Waals surface area (Å²) >= 11 is 8.40. The standard InChI is InChI=1S/C24H23N3O3S3/c1-32-13-11-21(25)23(29)30-22(28)19-10-9-17(14-20(19)16-6-3-2-4-7-16)27-24(31)33-18-8-5-12-26-15-18/h2-10,12,14-15,21H,11,13,25H2,1H3,(H,27,31)/t21-/m0/s1. The van der Waals surface area contributed by atoms with Crippen LogP contribution in [0, 0.1) is 0 Å². The van der Waals surface area contributed by atoms with E-state index in [9.17, 15) is 9.59 Å². The monoisotopic (exact) mass is 497 g/mol. The number of aromatic nitrogens is 1. The van der Waals surface area contributed by atoms with Crippen molar-refractivity contribution in [3.8, 4) is 11.1 Å². The molecule has 0 bridgehead atoms. The van der Waals surface area contributed by atoms with E-state index >= 15 is 0 Å². The molecule has 0 aliphatic heterocycles. The molecule has 0 spiro atoms. The molecular weight excluding hydrogens is 474 g/mol. The molecule has 0 radical (unpaired) electrons. The van der Waals surface area contributed by atoms with Gasteiger partial charge in [-0.2, -0.15) is 11.8 Å². The molecule has 0 amide bonds. The first kappa shape index (κ1) is 24.9. The highest BCUT2D eigenvalue weighted by Crippen LogP contribution is 2.29. The van der Waals surface area contributed by atoms with E-state index in [1.807, 2.05) is 48.7 Å². The van der Waals surface area contributed by atoms with Crippen LogP contribution in [0.5, 0.6) is 0 Å². The summed E-state index contributed by atoms with van der Waals surface area (Å²) in [5.41, 5.74) is 8.24. The summed E-state index contributed by atoms with van der Waals surface area (Å²) < 4.78 is 5.62. The van der Waals surface area contributed by atoms with E-state index in [1.54, 1.807) is 42.4 Å². The Morgan fingerprint density at radius 1 is 1.15 bits per heavy atom. The molecule has 3 rings (SSSR count). The van der Waals surface area contributed by atoms with Crippen molar-refractivity contribution >= 4 is 57.7 Å². The van der Waals surface area contributed by atoms with Crippen molar-refractivity contribution in [2.45, 2.75) is 17.4 Å². The van der Waals surface area contributed by atoms with Crippen molar-refractivity contribution in [1.29, 1.82) is 0 Å². The second kappa shape index (κ2) is 12.5. The van der Waals surface area contributed by atoms with Crippen LogP contribution in [0.15, 0.2) is 78.0 Å². The van der Waals surface area contributed by atoms with Gasteiger partial charge in [0.25, 0.3) is 0 Å². The van der Waals surface area contributed by atoms with E-state index in [0.717, 1.165) is 10.5 Å². The number of thiocarbonyl (C=S) groups is 1. The highest BCUT2D eigenvalue weighted by Gasteiger charge is 2.22. The number of pyridine rings is 1. The smallest absolute Gasteiger partial charge is 0.346 e. The van der Waals surface area contributed by atoms with Crippen LogP contribution in [-0.2, 0) is 9.53 Å². The molecule has 0 aliphatic rings. The maximum absolute atomic E-state index is 12.8. The Hall–Kier alpha value is -2.72. The van der Waals surface area contributed by atoms with Crippen molar-refractivity contribution in [1.82, 2.24) is 4.98 Å². The van der Waals surface area contributed by atoms with Gasteiger partial charge in [0, 0.05) is 23.0 Å². The molecule has 3 aromatic rings. The Balaban J connectivity index is 1.81.